The molecule has 0 saturated carbocycles. The minimum absolute atomic E-state index is 0.0146. The van der Waals surface area contributed by atoms with E-state index in [0.29, 0.717) is 11.5 Å². The van der Waals surface area contributed by atoms with Gasteiger partial charge >= 0.3 is 0 Å². The Hall–Kier alpha value is -3.14. The van der Waals surface area contributed by atoms with Gasteiger partial charge in [0.15, 0.2) is 0 Å². The minimum Gasteiger partial charge on any atom is -0.354 e. The average Bonchev–Trinajstić information content (AvgIpc) is 3.16. The number of rotatable bonds is 7. The Balaban J connectivity index is 1.78. The maximum absolute atomic E-state index is 12.0. The number of aryl methyl sites for hydroxylation is 1. The maximum Gasteiger partial charge on any atom is 0.229 e. The molecule has 0 unspecified atom stereocenters. The van der Waals surface area contributed by atoms with Crippen molar-refractivity contribution in [3.05, 3.63) is 41.6 Å². The summed E-state index contributed by atoms with van der Waals surface area (Å²) in [5.41, 5.74) is 2.35. The van der Waals surface area contributed by atoms with Gasteiger partial charge in [-0.3, -0.25) is 4.79 Å². The van der Waals surface area contributed by atoms with Crippen LogP contribution in [0.1, 0.15) is 44.9 Å². The molecule has 7 nitrogen and oxygen atoms in total. The van der Waals surface area contributed by atoms with Gasteiger partial charge in [-0.15, -0.1) is 0 Å². The van der Waals surface area contributed by atoms with Crippen LogP contribution in [0.25, 0.3) is 0 Å². The summed E-state index contributed by atoms with van der Waals surface area (Å²) in [5, 5.41) is 15.5. The summed E-state index contributed by atoms with van der Waals surface area (Å²) in [5.74, 6) is 1.46. The van der Waals surface area contributed by atoms with Crippen molar-refractivity contribution < 1.29 is 4.79 Å². The Bertz CT molecular complexity index is 904. The number of nitrogens with one attached hydrogen (secondary N) is 2. The summed E-state index contributed by atoms with van der Waals surface area (Å²) in [6.45, 7) is 7.52. The molecule has 0 bridgehead atoms. The molecule has 2 aromatic rings. The van der Waals surface area contributed by atoms with Crippen LogP contribution in [0, 0.1) is 17.2 Å². The van der Waals surface area contributed by atoms with Crippen molar-refractivity contribution in [3.8, 4) is 6.07 Å². The molecule has 0 spiro atoms. The number of hydrogen-bond donors (Lipinski definition) is 2. The van der Waals surface area contributed by atoms with Gasteiger partial charge in [0.25, 0.3) is 0 Å². The zero-order valence-corrected chi connectivity index (χ0v) is 17.3. The van der Waals surface area contributed by atoms with E-state index in [2.05, 4.69) is 33.5 Å². The highest BCUT2D eigenvalue weighted by Crippen LogP contribution is 2.23. The molecule has 29 heavy (non-hydrogen) atoms. The van der Waals surface area contributed by atoms with Gasteiger partial charge in [0.1, 0.15) is 5.82 Å². The predicted molar refractivity (Wildman–Crippen MR) is 114 cm³/mol. The Morgan fingerprint density at radius 1 is 1.34 bits per heavy atom. The summed E-state index contributed by atoms with van der Waals surface area (Å²) in [7, 11) is 0. The van der Waals surface area contributed by atoms with Gasteiger partial charge in [-0.25, -0.2) is 4.98 Å². The third kappa shape index (κ3) is 5.44. The second-order valence-electron chi connectivity index (χ2n) is 7.70. The van der Waals surface area contributed by atoms with Crippen LogP contribution in [-0.4, -0.2) is 35.0 Å². The smallest absolute Gasteiger partial charge is 0.229 e. The van der Waals surface area contributed by atoms with E-state index in [-0.39, 0.29) is 17.9 Å². The molecule has 1 fully saturated rings. The molecule has 0 aliphatic carbocycles. The first-order chi connectivity index (χ1) is 14.0. The molecule has 1 atom stereocenters. The second kappa shape index (κ2) is 9.37. The first kappa shape index (κ1) is 20.6. The standard InChI is InChI=1S/C22H28N6O/c1-4-6-17-12-20(28-10-9-19(14-28)24-21(29)15(2)3)27-22(25-17)26-18-8-5-7-16(11-18)13-23/h5,7-8,11-12,15,19H,4,6,9-10,14H2,1-3H3,(H,24,29)(H,25,26,27)/t19-/m0/s1. The van der Waals surface area contributed by atoms with Gasteiger partial charge in [-0.1, -0.05) is 33.3 Å². The maximum atomic E-state index is 12.0. The first-order valence-corrected chi connectivity index (χ1v) is 10.2. The largest absolute Gasteiger partial charge is 0.354 e. The molecule has 7 heteroatoms. The fourth-order valence-corrected chi connectivity index (χ4v) is 3.33. The van der Waals surface area contributed by atoms with Gasteiger partial charge < -0.3 is 15.5 Å². The molecule has 1 aromatic carbocycles. The monoisotopic (exact) mass is 392 g/mol. The van der Waals surface area contributed by atoms with Crippen LogP contribution in [0.15, 0.2) is 30.3 Å². The highest BCUT2D eigenvalue weighted by atomic mass is 16.1. The van der Waals surface area contributed by atoms with E-state index in [1.165, 1.54) is 0 Å². The molecular weight excluding hydrogens is 364 g/mol. The molecule has 1 aliphatic heterocycles. The van der Waals surface area contributed by atoms with Crippen molar-refractivity contribution in [1.29, 1.82) is 5.26 Å². The van der Waals surface area contributed by atoms with E-state index >= 15 is 0 Å². The normalized spacial score (nSPS) is 16.0. The lowest BCUT2D eigenvalue weighted by atomic mass is 10.2. The molecule has 152 valence electrons. The van der Waals surface area contributed by atoms with Crippen LogP contribution in [0.4, 0.5) is 17.5 Å². The van der Waals surface area contributed by atoms with Crippen LogP contribution in [0.5, 0.6) is 0 Å². The lowest BCUT2D eigenvalue weighted by molar-refractivity contribution is -0.124. The molecule has 3 rings (SSSR count). The molecule has 1 amide bonds. The lowest BCUT2D eigenvalue weighted by Gasteiger charge is -2.20. The van der Waals surface area contributed by atoms with Crippen LogP contribution in [0.3, 0.4) is 0 Å². The van der Waals surface area contributed by atoms with Gasteiger partial charge in [0.05, 0.1) is 11.6 Å². The topological polar surface area (TPSA) is 93.9 Å². The first-order valence-electron chi connectivity index (χ1n) is 10.2. The second-order valence-corrected chi connectivity index (χ2v) is 7.70. The van der Waals surface area contributed by atoms with E-state index in [1.807, 2.05) is 32.0 Å². The van der Waals surface area contributed by atoms with E-state index in [0.717, 1.165) is 49.6 Å². The van der Waals surface area contributed by atoms with Gasteiger partial charge in [-0.2, -0.15) is 10.2 Å². The Kier molecular flexibility index (Phi) is 6.65. The number of amides is 1. The van der Waals surface area contributed by atoms with Crippen molar-refractivity contribution >= 4 is 23.4 Å². The minimum atomic E-state index is -0.0146. The number of anilines is 3. The summed E-state index contributed by atoms with van der Waals surface area (Å²) < 4.78 is 0. The number of nitriles is 1. The fourth-order valence-electron chi connectivity index (χ4n) is 3.33. The molecule has 1 aromatic heterocycles. The highest BCUT2D eigenvalue weighted by molar-refractivity contribution is 5.78. The lowest BCUT2D eigenvalue weighted by Crippen LogP contribution is -2.39. The Morgan fingerprint density at radius 3 is 2.90 bits per heavy atom. The molecule has 0 radical (unpaired) electrons. The van der Waals surface area contributed by atoms with E-state index in [1.54, 1.807) is 12.1 Å². The number of carbonyl (C=O) groups is 1. The molecule has 1 saturated heterocycles. The SMILES string of the molecule is CCCc1cc(N2CC[C@H](NC(=O)C(C)C)C2)nc(Nc2cccc(C#N)c2)n1. The summed E-state index contributed by atoms with van der Waals surface area (Å²) in [4.78, 5) is 23.5. The molecule has 1 aliphatic rings. The van der Waals surface area contributed by atoms with Gasteiger partial charge in [-0.05, 0) is 31.0 Å². The summed E-state index contributed by atoms with van der Waals surface area (Å²) in [6.07, 6.45) is 2.76. The molecule has 2 N–H and O–H groups in total. The Labute approximate surface area is 172 Å². The third-order valence-electron chi connectivity index (χ3n) is 4.90. The van der Waals surface area contributed by atoms with Gasteiger partial charge in [0, 0.05) is 42.5 Å². The summed E-state index contributed by atoms with van der Waals surface area (Å²) in [6, 6.07) is 11.6. The van der Waals surface area contributed by atoms with E-state index in [4.69, 9.17) is 10.2 Å². The summed E-state index contributed by atoms with van der Waals surface area (Å²) >= 11 is 0. The molecule has 2 heterocycles. The van der Waals surface area contributed by atoms with Crippen LogP contribution < -0.4 is 15.5 Å². The van der Waals surface area contributed by atoms with Gasteiger partial charge in [0.2, 0.25) is 11.9 Å². The van der Waals surface area contributed by atoms with Crippen LogP contribution in [0.2, 0.25) is 0 Å². The predicted octanol–water partition coefficient (Wildman–Crippen LogP) is 3.40. The highest BCUT2D eigenvalue weighted by Gasteiger charge is 2.26. The van der Waals surface area contributed by atoms with E-state index < -0.39 is 0 Å². The van der Waals surface area contributed by atoms with Crippen molar-refractivity contribution in [1.82, 2.24) is 15.3 Å². The zero-order valence-electron chi connectivity index (χ0n) is 17.3. The van der Waals surface area contributed by atoms with E-state index in [9.17, 15) is 4.79 Å². The zero-order chi connectivity index (χ0) is 20.8. The number of hydrogen-bond acceptors (Lipinski definition) is 6. The van der Waals surface area contributed by atoms with Crippen molar-refractivity contribution in [2.75, 3.05) is 23.3 Å². The third-order valence-corrected chi connectivity index (χ3v) is 4.90. The number of nitrogens with zero attached hydrogens (tertiary/aromatic N) is 4. The quantitative estimate of drug-likeness (QED) is 0.750. The average molecular weight is 393 g/mol. The van der Waals surface area contributed by atoms with Crippen molar-refractivity contribution in [3.63, 3.8) is 0 Å². The number of aromatic nitrogens is 2. The number of carbonyl (C=O) groups excluding carboxylic acids is 1. The van der Waals surface area contributed by atoms with Crippen LogP contribution in [-0.2, 0) is 11.2 Å². The number of benzene rings is 1. The van der Waals surface area contributed by atoms with Crippen molar-refractivity contribution in [2.45, 2.75) is 46.1 Å². The molecular formula is C22H28N6O. The Morgan fingerprint density at radius 2 is 2.17 bits per heavy atom. The fraction of sp³-hybridized carbons (Fsp3) is 0.455. The van der Waals surface area contributed by atoms with Crippen LogP contribution >= 0.6 is 0 Å². The van der Waals surface area contributed by atoms with Crippen molar-refractivity contribution in [2.24, 2.45) is 5.92 Å².